The third-order valence-electron chi connectivity index (χ3n) is 3.56. The Morgan fingerprint density at radius 3 is 2.33 bits per heavy atom. The van der Waals surface area contributed by atoms with Gasteiger partial charge >= 0.3 is 6.18 Å². The van der Waals surface area contributed by atoms with Gasteiger partial charge in [-0.1, -0.05) is 12.1 Å². The van der Waals surface area contributed by atoms with Crippen molar-refractivity contribution in [1.29, 1.82) is 0 Å². The lowest BCUT2D eigenvalue weighted by atomic mass is 9.92. The first-order valence-electron chi connectivity index (χ1n) is 7.43. The summed E-state index contributed by atoms with van der Waals surface area (Å²) in [7, 11) is 0. The van der Waals surface area contributed by atoms with Crippen LogP contribution in [-0.2, 0) is 15.8 Å². The van der Waals surface area contributed by atoms with Gasteiger partial charge in [-0.15, -0.1) is 0 Å². The molecule has 1 atom stereocenters. The van der Waals surface area contributed by atoms with E-state index in [4.69, 9.17) is 5.73 Å². The van der Waals surface area contributed by atoms with Crippen LogP contribution in [0, 0.1) is 5.41 Å². The van der Waals surface area contributed by atoms with Crippen LogP contribution in [0.4, 0.5) is 18.9 Å². The average molecular weight is 345 g/mol. The number of nitrogens with one attached hydrogen (secondary N) is 2. The van der Waals surface area contributed by atoms with Gasteiger partial charge in [0, 0.05) is 19.0 Å². The fourth-order valence-electron chi connectivity index (χ4n) is 1.91. The summed E-state index contributed by atoms with van der Waals surface area (Å²) in [6.45, 7) is 5.28. The van der Waals surface area contributed by atoms with E-state index in [0.717, 1.165) is 6.07 Å². The second-order valence-corrected chi connectivity index (χ2v) is 6.33. The molecule has 0 radical (unpaired) electrons. The number of benzene rings is 1. The largest absolute Gasteiger partial charge is 0.418 e. The van der Waals surface area contributed by atoms with Crippen LogP contribution < -0.4 is 16.4 Å². The van der Waals surface area contributed by atoms with Crippen LogP contribution in [0.2, 0.25) is 0 Å². The molecule has 0 spiro atoms. The van der Waals surface area contributed by atoms with E-state index in [0.29, 0.717) is 0 Å². The minimum atomic E-state index is -4.54. The van der Waals surface area contributed by atoms with Crippen molar-refractivity contribution in [3.05, 3.63) is 29.8 Å². The van der Waals surface area contributed by atoms with Crippen LogP contribution in [0.1, 0.15) is 32.8 Å². The van der Waals surface area contributed by atoms with Gasteiger partial charge in [-0.25, -0.2) is 0 Å². The van der Waals surface area contributed by atoms with E-state index >= 15 is 0 Å². The number of alkyl halides is 3. The van der Waals surface area contributed by atoms with Crippen molar-refractivity contribution >= 4 is 17.5 Å². The predicted octanol–water partition coefficient (Wildman–Crippen LogP) is 2.52. The second kappa shape index (κ2) is 7.65. The fourth-order valence-corrected chi connectivity index (χ4v) is 1.91. The van der Waals surface area contributed by atoms with Gasteiger partial charge in [0.25, 0.3) is 0 Å². The molecule has 1 aromatic carbocycles. The Balaban J connectivity index is 2.63. The van der Waals surface area contributed by atoms with E-state index in [2.05, 4.69) is 10.6 Å². The topological polar surface area (TPSA) is 84.2 Å². The van der Waals surface area contributed by atoms with E-state index in [1.165, 1.54) is 18.2 Å². The molecule has 0 aliphatic heterocycles. The number of nitrogens with two attached hydrogens (primary N) is 1. The van der Waals surface area contributed by atoms with Crippen LogP contribution in [0.15, 0.2) is 24.3 Å². The maximum absolute atomic E-state index is 12.9. The monoisotopic (exact) mass is 345 g/mol. The zero-order valence-electron chi connectivity index (χ0n) is 13.8. The Morgan fingerprint density at radius 2 is 1.79 bits per heavy atom. The number of hydrogen-bond acceptors (Lipinski definition) is 3. The predicted molar refractivity (Wildman–Crippen MR) is 85.1 cm³/mol. The Kier molecular flexibility index (Phi) is 6.36. The maximum Gasteiger partial charge on any atom is 0.418 e. The Bertz CT molecular complexity index is 600. The summed E-state index contributed by atoms with van der Waals surface area (Å²) >= 11 is 0. The number of hydrogen-bond donors (Lipinski definition) is 3. The summed E-state index contributed by atoms with van der Waals surface area (Å²) in [6.07, 6.45) is -4.58. The van der Waals surface area contributed by atoms with E-state index in [1.54, 1.807) is 20.8 Å². The van der Waals surface area contributed by atoms with E-state index in [-0.39, 0.29) is 24.7 Å². The Hall–Kier alpha value is -2.09. The molecule has 0 heterocycles. The molecule has 0 aliphatic rings. The van der Waals surface area contributed by atoms with Crippen LogP contribution in [0.5, 0.6) is 0 Å². The van der Waals surface area contributed by atoms with Gasteiger partial charge in [0.2, 0.25) is 11.8 Å². The summed E-state index contributed by atoms with van der Waals surface area (Å²) in [5.74, 6) is -1.03. The van der Waals surface area contributed by atoms with Crippen molar-refractivity contribution in [3.8, 4) is 0 Å². The molecular formula is C16H22F3N3O2. The van der Waals surface area contributed by atoms with Crippen LogP contribution in [0.25, 0.3) is 0 Å². The molecule has 1 unspecified atom stereocenters. The molecule has 0 saturated heterocycles. The van der Waals surface area contributed by atoms with Gasteiger partial charge in [-0.05, 0) is 32.9 Å². The molecule has 0 bridgehead atoms. The summed E-state index contributed by atoms with van der Waals surface area (Å²) in [5.41, 5.74) is 3.30. The van der Waals surface area contributed by atoms with Crippen molar-refractivity contribution in [1.82, 2.24) is 5.32 Å². The van der Waals surface area contributed by atoms with Crippen molar-refractivity contribution in [2.75, 3.05) is 11.9 Å². The van der Waals surface area contributed by atoms with Gasteiger partial charge in [0.05, 0.1) is 16.7 Å². The van der Waals surface area contributed by atoms with Crippen LogP contribution >= 0.6 is 0 Å². The highest BCUT2D eigenvalue weighted by Gasteiger charge is 2.33. The van der Waals surface area contributed by atoms with Crippen LogP contribution in [-0.4, -0.2) is 24.4 Å². The van der Waals surface area contributed by atoms with Gasteiger partial charge in [0.1, 0.15) is 0 Å². The van der Waals surface area contributed by atoms with Gasteiger partial charge in [-0.3, -0.25) is 9.59 Å². The van der Waals surface area contributed by atoms with Crippen molar-refractivity contribution in [3.63, 3.8) is 0 Å². The molecule has 0 fully saturated rings. The molecule has 2 amide bonds. The summed E-state index contributed by atoms with van der Waals surface area (Å²) < 4.78 is 38.6. The number of para-hydroxylation sites is 1. The molecule has 8 heteroatoms. The summed E-state index contributed by atoms with van der Waals surface area (Å²) in [5, 5.41) is 5.26. The van der Waals surface area contributed by atoms with Gasteiger partial charge in [0.15, 0.2) is 0 Å². The normalized spacial score (nSPS) is 13.4. The first kappa shape index (κ1) is 20.0. The highest BCUT2D eigenvalue weighted by Crippen LogP contribution is 2.34. The third kappa shape index (κ3) is 5.84. The highest BCUT2D eigenvalue weighted by atomic mass is 19.4. The number of halogens is 3. The lowest BCUT2D eigenvalue weighted by Crippen LogP contribution is -2.43. The number of carbonyl (C=O) groups is 2. The number of anilines is 1. The first-order chi connectivity index (χ1) is 10.9. The molecular weight excluding hydrogens is 323 g/mol. The molecule has 0 saturated carbocycles. The smallest absolute Gasteiger partial charge is 0.369 e. The molecule has 5 nitrogen and oxygen atoms in total. The SMILES string of the molecule is CC(CC(=O)Nc1ccccc1C(F)(F)F)NCC(C)(C)C(N)=O. The van der Waals surface area contributed by atoms with E-state index < -0.39 is 29.0 Å². The van der Waals surface area contributed by atoms with Crippen LogP contribution in [0.3, 0.4) is 0 Å². The average Bonchev–Trinajstić information content (AvgIpc) is 2.44. The zero-order valence-corrected chi connectivity index (χ0v) is 13.8. The minimum absolute atomic E-state index is 0.0406. The molecule has 0 aliphatic carbocycles. The first-order valence-corrected chi connectivity index (χ1v) is 7.43. The Labute approximate surface area is 138 Å². The van der Waals surface area contributed by atoms with Gasteiger partial charge in [-0.2, -0.15) is 13.2 Å². The zero-order chi connectivity index (χ0) is 18.5. The second-order valence-electron chi connectivity index (χ2n) is 6.33. The van der Waals surface area contributed by atoms with E-state index in [1.807, 2.05) is 0 Å². The molecule has 1 rings (SSSR count). The number of carbonyl (C=O) groups excluding carboxylic acids is 2. The molecule has 134 valence electrons. The fraction of sp³-hybridized carbons (Fsp3) is 0.500. The lowest BCUT2D eigenvalue weighted by molar-refractivity contribution is -0.137. The third-order valence-corrected chi connectivity index (χ3v) is 3.56. The minimum Gasteiger partial charge on any atom is -0.369 e. The maximum atomic E-state index is 12.9. The number of rotatable bonds is 7. The Morgan fingerprint density at radius 1 is 1.21 bits per heavy atom. The van der Waals surface area contributed by atoms with Crippen molar-refractivity contribution < 1.29 is 22.8 Å². The van der Waals surface area contributed by atoms with Crippen molar-refractivity contribution in [2.45, 2.75) is 39.4 Å². The standard InChI is InChI=1S/C16H22F3N3O2/c1-10(21-9-15(2,3)14(20)24)8-13(23)22-12-7-5-4-6-11(12)16(17,18)19/h4-7,10,21H,8-9H2,1-3H3,(H2,20,24)(H,22,23). The number of primary amides is 1. The van der Waals surface area contributed by atoms with Crippen molar-refractivity contribution in [2.24, 2.45) is 11.1 Å². The quantitative estimate of drug-likeness (QED) is 0.710. The van der Waals surface area contributed by atoms with E-state index in [9.17, 15) is 22.8 Å². The summed E-state index contributed by atoms with van der Waals surface area (Å²) in [6, 6.07) is 4.46. The molecule has 4 N–H and O–H groups in total. The molecule has 24 heavy (non-hydrogen) atoms. The summed E-state index contributed by atoms with van der Waals surface area (Å²) in [4.78, 5) is 23.2. The lowest BCUT2D eigenvalue weighted by Gasteiger charge is -2.23. The van der Waals surface area contributed by atoms with Gasteiger partial charge < -0.3 is 16.4 Å². The molecule has 1 aromatic rings. The highest BCUT2D eigenvalue weighted by molar-refractivity contribution is 5.92. The number of amides is 2. The molecule has 0 aromatic heterocycles.